The predicted octanol–water partition coefficient (Wildman–Crippen LogP) is 4.04. The Morgan fingerprint density at radius 3 is 2.67 bits per heavy atom. The molecule has 0 bridgehead atoms. The third kappa shape index (κ3) is 2.00. The monoisotopic (exact) mass is 261 g/mol. The normalized spacial score (nSPS) is 19.0. The average Bonchev–Trinajstić information content (AvgIpc) is 2.40. The van der Waals surface area contributed by atoms with E-state index in [2.05, 4.69) is 4.98 Å². The summed E-state index contributed by atoms with van der Waals surface area (Å²) in [5.74, 6) is 0. The van der Waals surface area contributed by atoms with Crippen molar-refractivity contribution in [1.82, 2.24) is 4.98 Å². The molecule has 1 saturated carbocycles. The van der Waals surface area contributed by atoms with Crippen molar-refractivity contribution in [1.29, 1.82) is 0 Å². The van der Waals surface area contributed by atoms with Crippen LogP contribution in [0.2, 0.25) is 5.15 Å². The molecule has 1 fully saturated rings. The molecular formula is C15H16ClNO. The van der Waals surface area contributed by atoms with Gasteiger partial charge in [-0.3, -0.25) is 0 Å². The van der Waals surface area contributed by atoms with Crippen LogP contribution < -0.4 is 0 Å². The number of hydrogen-bond acceptors (Lipinski definition) is 2. The van der Waals surface area contributed by atoms with E-state index < -0.39 is 5.60 Å². The van der Waals surface area contributed by atoms with E-state index in [1.165, 1.54) is 6.42 Å². The van der Waals surface area contributed by atoms with E-state index in [9.17, 15) is 5.11 Å². The van der Waals surface area contributed by atoms with Crippen LogP contribution in [0.5, 0.6) is 0 Å². The number of fused-ring (bicyclic) bond motifs is 1. The number of pyridine rings is 1. The van der Waals surface area contributed by atoms with Crippen molar-refractivity contribution in [3.8, 4) is 0 Å². The van der Waals surface area contributed by atoms with Crippen LogP contribution in [0.15, 0.2) is 30.5 Å². The summed E-state index contributed by atoms with van der Waals surface area (Å²) in [4.78, 5) is 4.10. The number of aliphatic hydroxyl groups is 1. The summed E-state index contributed by atoms with van der Waals surface area (Å²) < 4.78 is 0. The molecule has 1 heterocycles. The highest BCUT2D eigenvalue weighted by atomic mass is 35.5. The summed E-state index contributed by atoms with van der Waals surface area (Å²) in [5, 5.41) is 13.2. The number of hydrogen-bond donors (Lipinski definition) is 1. The summed E-state index contributed by atoms with van der Waals surface area (Å²) >= 11 is 6.12. The van der Waals surface area contributed by atoms with Gasteiger partial charge < -0.3 is 5.11 Å². The van der Waals surface area contributed by atoms with Gasteiger partial charge in [0.2, 0.25) is 0 Å². The largest absolute Gasteiger partial charge is 0.385 e. The minimum atomic E-state index is -0.675. The second kappa shape index (κ2) is 4.52. The van der Waals surface area contributed by atoms with Crippen molar-refractivity contribution < 1.29 is 5.11 Å². The molecule has 3 heteroatoms. The third-order valence-corrected chi connectivity index (χ3v) is 4.24. The zero-order valence-corrected chi connectivity index (χ0v) is 11.0. The molecule has 2 nitrogen and oxygen atoms in total. The van der Waals surface area contributed by atoms with Gasteiger partial charge in [-0.25, -0.2) is 4.98 Å². The lowest BCUT2D eigenvalue weighted by Crippen LogP contribution is -2.28. The maximum absolute atomic E-state index is 10.7. The predicted molar refractivity (Wildman–Crippen MR) is 73.7 cm³/mol. The fourth-order valence-electron chi connectivity index (χ4n) is 2.85. The lowest BCUT2D eigenvalue weighted by Gasteiger charge is -2.32. The molecule has 18 heavy (non-hydrogen) atoms. The third-order valence-electron chi connectivity index (χ3n) is 3.94. The van der Waals surface area contributed by atoms with Gasteiger partial charge in [-0.15, -0.1) is 0 Å². The van der Waals surface area contributed by atoms with E-state index in [1.807, 2.05) is 24.3 Å². The minimum absolute atomic E-state index is 0.508. The molecule has 94 valence electrons. The molecule has 1 aliphatic carbocycles. The Hall–Kier alpha value is -1.12. The molecule has 1 N–H and O–H groups in total. The quantitative estimate of drug-likeness (QED) is 0.786. The van der Waals surface area contributed by atoms with Crippen LogP contribution in [0.25, 0.3) is 10.8 Å². The summed E-state index contributed by atoms with van der Waals surface area (Å²) in [5.41, 5.74) is 0.301. The van der Waals surface area contributed by atoms with E-state index in [0.29, 0.717) is 5.15 Å². The van der Waals surface area contributed by atoms with Crippen LogP contribution in [0, 0.1) is 0 Å². The molecule has 3 rings (SSSR count). The van der Waals surface area contributed by atoms with Crippen molar-refractivity contribution in [3.05, 3.63) is 41.2 Å². The number of rotatable bonds is 1. The van der Waals surface area contributed by atoms with Crippen molar-refractivity contribution in [2.24, 2.45) is 0 Å². The maximum atomic E-state index is 10.7. The van der Waals surface area contributed by atoms with Gasteiger partial charge in [0, 0.05) is 11.6 Å². The van der Waals surface area contributed by atoms with Crippen molar-refractivity contribution in [2.45, 2.75) is 37.7 Å². The van der Waals surface area contributed by atoms with Gasteiger partial charge in [0.05, 0.1) is 5.60 Å². The lowest BCUT2D eigenvalue weighted by molar-refractivity contribution is -0.000506. The first-order valence-electron chi connectivity index (χ1n) is 6.46. The van der Waals surface area contributed by atoms with Crippen LogP contribution in [0.4, 0.5) is 0 Å². The number of benzene rings is 1. The molecule has 0 unspecified atom stereocenters. The van der Waals surface area contributed by atoms with Crippen LogP contribution in [-0.2, 0) is 5.60 Å². The average molecular weight is 262 g/mol. The summed E-state index contributed by atoms with van der Waals surface area (Å²) in [6.45, 7) is 0. The molecule has 1 aromatic heterocycles. The highest BCUT2D eigenvalue weighted by Crippen LogP contribution is 2.38. The van der Waals surface area contributed by atoms with Crippen molar-refractivity contribution in [2.75, 3.05) is 0 Å². The van der Waals surface area contributed by atoms with E-state index in [-0.39, 0.29) is 0 Å². The molecule has 1 aromatic carbocycles. The number of nitrogens with zero attached hydrogens (tertiary/aromatic N) is 1. The van der Waals surface area contributed by atoms with Crippen molar-refractivity contribution in [3.63, 3.8) is 0 Å². The highest BCUT2D eigenvalue weighted by Gasteiger charge is 2.31. The first-order chi connectivity index (χ1) is 8.69. The molecule has 0 atom stereocenters. The zero-order chi connectivity index (χ0) is 12.6. The molecular weight excluding hydrogens is 246 g/mol. The van der Waals surface area contributed by atoms with Crippen LogP contribution in [0.3, 0.4) is 0 Å². The van der Waals surface area contributed by atoms with Gasteiger partial charge in [-0.2, -0.15) is 0 Å². The van der Waals surface area contributed by atoms with Crippen LogP contribution >= 0.6 is 11.6 Å². The second-order valence-electron chi connectivity index (χ2n) is 5.13. The minimum Gasteiger partial charge on any atom is -0.385 e. The smallest absolute Gasteiger partial charge is 0.136 e. The Labute approximate surface area is 112 Å². The van der Waals surface area contributed by atoms with E-state index in [1.54, 1.807) is 6.20 Å². The van der Waals surface area contributed by atoms with Crippen molar-refractivity contribution >= 4 is 22.4 Å². The Morgan fingerprint density at radius 1 is 1.11 bits per heavy atom. The lowest BCUT2D eigenvalue weighted by atomic mass is 9.79. The topological polar surface area (TPSA) is 33.1 Å². The Bertz CT molecular complexity index is 576. The van der Waals surface area contributed by atoms with Crippen LogP contribution in [-0.4, -0.2) is 10.1 Å². The molecule has 2 aromatic rings. The summed E-state index contributed by atoms with van der Waals surface area (Å²) in [7, 11) is 0. The van der Waals surface area contributed by atoms with E-state index in [4.69, 9.17) is 11.6 Å². The molecule has 0 amide bonds. The number of halogens is 1. The highest BCUT2D eigenvalue weighted by molar-refractivity contribution is 6.34. The summed E-state index contributed by atoms with van der Waals surface area (Å²) in [6, 6.07) is 7.97. The van der Waals surface area contributed by atoms with Crippen LogP contribution in [0.1, 0.15) is 37.7 Å². The molecule has 0 spiro atoms. The van der Waals surface area contributed by atoms with Gasteiger partial charge >= 0.3 is 0 Å². The molecule has 0 aliphatic heterocycles. The van der Waals surface area contributed by atoms with E-state index >= 15 is 0 Å². The fraction of sp³-hybridized carbons (Fsp3) is 0.400. The Balaban J connectivity index is 2.10. The second-order valence-corrected chi connectivity index (χ2v) is 5.49. The first-order valence-corrected chi connectivity index (χ1v) is 6.84. The van der Waals surface area contributed by atoms with E-state index in [0.717, 1.165) is 42.0 Å². The van der Waals surface area contributed by atoms with Gasteiger partial charge in [0.15, 0.2) is 0 Å². The maximum Gasteiger partial charge on any atom is 0.136 e. The zero-order valence-electron chi connectivity index (χ0n) is 10.2. The van der Waals surface area contributed by atoms with Gasteiger partial charge in [0.1, 0.15) is 5.15 Å². The molecule has 0 radical (unpaired) electrons. The van der Waals surface area contributed by atoms with Gasteiger partial charge in [-0.05, 0) is 35.9 Å². The number of aromatic nitrogens is 1. The standard InChI is InChI=1S/C15H16ClNO/c16-14-13-10-12(5-4-11(13)6-9-17-14)15(18)7-2-1-3-8-15/h4-6,9-10,18H,1-3,7-8H2. The fourth-order valence-corrected chi connectivity index (χ4v) is 3.07. The SMILES string of the molecule is OC1(c2ccc3ccnc(Cl)c3c2)CCCCC1. The molecule has 0 saturated heterocycles. The first kappa shape index (κ1) is 11.9. The summed E-state index contributed by atoms with van der Waals surface area (Å²) in [6.07, 6.45) is 6.80. The van der Waals surface area contributed by atoms with Gasteiger partial charge in [0.25, 0.3) is 0 Å². The Morgan fingerprint density at radius 2 is 1.89 bits per heavy atom. The van der Waals surface area contributed by atoms with Gasteiger partial charge in [-0.1, -0.05) is 43.0 Å². The molecule has 1 aliphatic rings. The Kier molecular flexibility index (Phi) is 3.00.